The Morgan fingerprint density at radius 1 is 1.24 bits per heavy atom. The minimum absolute atomic E-state index is 0.248. The molecule has 0 bridgehead atoms. The van der Waals surface area contributed by atoms with Crippen LogP contribution in [-0.4, -0.2) is 20.2 Å². The van der Waals surface area contributed by atoms with E-state index in [1.54, 1.807) is 37.3 Å². The third-order valence-electron chi connectivity index (χ3n) is 3.04. The molecule has 7 heteroatoms. The van der Waals surface area contributed by atoms with Gasteiger partial charge in [-0.15, -0.1) is 5.10 Å². The highest BCUT2D eigenvalue weighted by atomic mass is 35.5. The maximum atomic E-state index is 14.3. The van der Waals surface area contributed by atoms with E-state index in [4.69, 9.17) is 17.3 Å². The number of rotatable bonds is 2. The van der Waals surface area contributed by atoms with Gasteiger partial charge in [-0.1, -0.05) is 17.7 Å². The quantitative estimate of drug-likeness (QED) is 0.739. The van der Waals surface area contributed by atoms with Crippen LogP contribution in [0.3, 0.4) is 0 Å². The van der Waals surface area contributed by atoms with E-state index in [0.29, 0.717) is 22.0 Å². The second-order valence-electron chi connectivity index (χ2n) is 4.59. The van der Waals surface area contributed by atoms with Crippen LogP contribution in [0.15, 0.2) is 36.4 Å². The minimum atomic E-state index is -0.401. The number of anilines is 1. The number of nitrogen functional groups attached to an aromatic ring is 1. The van der Waals surface area contributed by atoms with Gasteiger partial charge in [0, 0.05) is 10.7 Å². The monoisotopic (exact) mass is 303 g/mol. The molecule has 2 aromatic carbocycles. The van der Waals surface area contributed by atoms with Crippen LogP contribution >= 0.6 is 11.6 Å². The van der Waals surface area contributed by atoms with E-state index in [1.807, 2.05) is 0 Å². The van der Waals surface area contributed by atoms with E-state index in [1.165, 1.54) is 10.7 Å². The molecule has 0 unspecified atom stereocenters. The van der Waals surface area contributed by atoms with Gasteiger partial charge in [0.25, 0.3) is 0 Å². The largest absolute Gasteiger partial charge is 0.399 e. The van der Waals surface area contributed by atoms with Crippen molar-refractivity contribution in [3.63, 3.8) is 0 Å². The fraction of sp³-hybridized carbons (Fsp3) is 0.0714. The number of benzene rings is 2. The first-order chi connectivity index (χ1) is 10.1. The molecule has 3 aromatic rings. The van der Waals surface area contributed by atoms with Crippen molar-refractivity contribution in [1.29, 1.82) is 0 Å². The van der Waals surface area contributed by atoms with Crippen LogP contribution in [0.1, 0.15) is 5.56 Å². The van der Waals surface area contributed by atoms with Crippen molar-refractivity contribution in [2.24, 2.45) is 0 Å². The van der Waals surface area contributed by atoms with Gasteiger partial charge in [-0.05, 0) is 53.2 Å². The SMILES string of the molecule is Cc1cc(N)cc(-c2nnnn2-c2cccc(Cl)c2)c1F. The van der Waals surface area contributed by atoms with E-state index in [9.17, 15) is 4.39 Å². The van der Waals surface area contributed by atoms with E-state index in [2.05, 4.69) is 15.5 Å². The highest BCUT2D eigenvalue weighted by molar-refractivity contribution is 6.30. The first-order valence-corrected chi connectivity index (χ1v) is 6.54. The Bertz CT molecular complexity index is 815. The zero-order valence-corrected chi connectivity index (χ0v) is 11.8. The van der Waals surface area contributed by atoms with Gasteiger partial charge < -0.3 is 5.73 Å². The summed E-state index contributed by atoms with van der Waals surface area (Å²) in [5.41, 5.74) is 7.55. The van der Waals surface area contributed by atoms with E-state index in [0.717, 1.165) is 0 Å². The number of aryl methyl sites for hydroxylation is 1. The summed E-state index contributed by atoms with van der Waals surface area (Å²) >= 11 is 5.97. The van der Waals surface area contributed by atoms with Gasteiger partial charge >= 0.3 is 0 Å². The molecule has 0 spiro atoms. The van der Waals surface area contributed by atoms with Crippen molar-refractivity contribution in [2.45, 2.75) is 6.92 Å². The highest BCUT2D eigenvalue weighted by Gasteiger charge is 2.17. The molecule has 0 radical (unpaired) electrons. The molecule has 0 fully saturated rings. The molecule has 0 amide bonds. The molecule has 2 N–H and O–H groups in total. The lowest BCUT2D eigenvalue weighted by molar-refractivity contribution is 0.620. The topological polar surface area (TPSA) is 69.6 Å². The van der Waals surface area contributed by atoms with Gasteiger partial charge in [0.2, 0.25) is 0 Å². The predicted molar refractivity (Wildman–Crippen MR) is 78.7 cm³/mol. The molecule has 0 aliphatic heterocycles. The Morgan fingerprint density at radius 3 is 2.81 bits per heavy atom. The van der Waals surface area contributed by atoms with Crippen LogP contribution < -0.4 is 5.73 Å². The summed E-state index contributed by atoms with van der Waals surface area (Å²) < 4.78 is 15.7. The molecule has 1 heterocycles. The van der Waals surface area contributed by atoms with Crippen LogP contribution in [0.2, 0.25) is 5.02 Å². The van der Waals surface area contributed by atoms with Gasteiger partial charge in [0.15, 0.2) is 5.82 Å². The average Bonchev–Trinajstić information content (AvgIpc) is 2.92. The molecule has 0 atom stereocenters. The number of halogens is 2. The van der Waals surface area contributed by atoms with E-state index < -0.39 is 5.82 Å². The maximum absolute atomic E-state index is 14.3. The van der Waals surface area contributed by atoms with Crippen LogP contribution in [0.4, 0.5) is 10.1 Å². The van der Waals surface area contributed by atoms with Gasteiger partial charge in [-0.2, -0.15) is 4.68 Å². The summed E-state index contributed by atoms with van der Waals surface area (Å²) in [4.78, 5) is 0. The third-order valence-corrected chi connectivity index (χ3v) is 3.28. The van der Waals surface area contributed by atoms with Gasteiger partial charge in [-0.3, -0.25) is 0 Å². The lowest BCUT2D eigenvalue weighted by atomic mass is 10.1. The summed E-state index contributed by atoms with van der Waals surface area (Å²) in [6.07, 6.45) is 0. The summed E-state index contributed by atoms with van der Waals surface area (Å²) in [6, 6.07) is 10.0. The molecular formula is C14H11ClFN5. The van der Waals surface area contributed by atoms with Crippen LogP contribution in [0, 0.1) is 12.7 Å². The molecule has 106 valence electrons. The Kier molecular flexibility index (Phi) is 3.31. The number of nitrogens with two attached hydrogens (primary N) is 1. The van der Waals surface area contributed by atoms with Crippen molar-refractivity contribution < 1.29 is 4.39 Å². The van der Waals surface area contributed by atoms with Crippen LogP contribution in [0.5, 0.6) is 0 Å². The first-order valence-electron chi connectivity index (χ1n) is 6.16. The molecule has 0 aliphatic rings. The number of aromatic nitrogens is 4. The van der Waals surface area contributed by atoms with E-state index in [-0.39, 0.29) is 11.4 Å². The van der Waals surface area contributed by atoms with Gasteiger partial charge in [0.1, 0.15) is 5.82 Å². The molecule has 0 saturated carbocycles. The average molecular weight is 304 g/mol. The number of hydrogen-bond acceptors (Lipinski definition) is 4. The molecule has 3 rings (SSSR count). The van der Waals surface area contributed by atoms with Crippen molar-refractivity contribution >= 4 is 17.3 Å². The predicted octanol–water partition coefficient (Wildman–Crippen LogP) is 3.01. The molecule has 1 aromatic heterocycles. The highest BCUT2D eigenvalue weighted by Crippen LogP contribution is 2.27. The molecule has 0 aliphatic carbocycles. The molecule has 0 saturated heterocycles. The third kappa shape index (κ3) is 2.45. The number of nitrogens with zero attached hydrogens (tertiary/aromatic N) is 4. The van der Waals surface area contributed by atoms with Crippen LogP contribution in [-0.2, 0) is 0 Å². The Labute approximate surface area is 125 Å². The maximum Gasteiger partial charge on any atom is 0.190 e. The molecule has 21 heavy (non-hydrogen) atoms. The summed E-state index contributed by atoms with van der Waals surface area (Å²) in [5, 5.41) is 11.9. The standard InChI is InChI=1S/C14H11ClFN5/c1-8-5-10(17)7-12(13(8)16)14-18-19-20-21(14)11-4-2-3-9(15)6-11/h2-7H,17H2,1H3. The molecular weight excluding hydrogens is 293 g/mol. The smallest absolute Gasteiger partial charge is 0.190 e. The summed E-state index contributed by atoms with van der Waals surface area (Å²) in [6.45, 7) is 1.64. The van der Waals surface area contributed by atoms with Gasteiger partial charge in [0.05, 0.1) is 11.3 Å². The first kappa shape index (κ1) is 13.5. The second-order valence-corrected chi connectivity index (χ2v) is 5.03. The Morgan fingerprint density at radius 2 is 2.05 bits per heavy atom. The fourth-order valence-electron chi connectivity index (χ4n) is 2.10. The Balaban J connectivity index is 2.20. The summed E-state index contributed by atoms with van der Waals surface area (Å²) in [5.74, 6) is -0.132. The lowest BCUT2D eigenvalue weighted by Crippen LogP contribution is -2.02. The normalized spacial score (nSPS) is 10.8. The number of hydrogen-bond donors (Lipinski definition) is 1. The zero-order valence-electron chi connectivity index (χ0n) is 11.1. The Hall–Kier alpha value is -2.47. The summed E-state index contributed by atoms with van der Waals surface area (Å²) in [7, 11) is 0. The number of tetrazole rings is 1. The second kappa shape index (κ2) is 5.14. The fourth-order valence-corrected chi connectivity index (χ4v) is 2.28. The van der Waals surface area contributed by atoms with Crippen molar-refractivity contribution in [1.82, 2.24) is 20.2 Å². The van der Waals surface area contributed by atoms with E-state index >= 15 is 0 Å². The van der Waals surface area contributed by atoms with Crippen molar-refractivity contribution in [3.8, 4) is 17.1 Å². The molecule has 5 nitrogen and oxygen atoms in total. The van der Waals surface area contributed by atoms with Crippen molar-refractivity contribution in [2.75, 3.05) is 5.73 Å². The zero-order chi connectivity index (χ0) is 15.0. The minimum Gasteiger partial charge on any atom is -0.399 e. The lowest BCUT2D eigenvalue weighted by Gasteiger charge is -2.08. The van der Waals surface area contributed by atoms with Crippen molar-refractivity contribution in [3.05, 3.63) is 52.8 Å². The van der Waals surface area contributed by atoms with Crippen LogP contribution in [0.25, 0.3) is 17.1 Å². The van der Waals surface area contributed by atoms with Gasteiger partial charge in [-0.25, -0.2) is 4.39 Å².